The second kappa shape index (κ2) is 7.54. The number of benzene rings is 1. The van der Waals surface area contributed by atoms with E-state index in [0.29, 0.717) is 12.8 Å². The van der Waals surface area contributed by atoms with Gasteiger partial charge in [0.15, 0.2) is 0 Å². The Hall–Kier alpha value is -2.43. The van der Waals surface area contributed by atoms with Crippen molar-refractivity contribution in [3.63, 3.8) is 0 Å². The Morgan fingerprint density at radius 3 is 2.77 bits per heavy atom. The van der Waals surface area contributed by atoms with Crippen molar-refractivity contribution in [2.75, 3.05) is 7.11 Å². The van der Waals surface area contributed by atoms with E-state index in [9.17, 15) is 9.59 Å². The average Bonchev–Trinajstić information content (AvgIpc) is 2.59. The van der Waals surface area contributed by atoms with Crippen LogP contribution in [0.2, 0.25) is 0 Å². The summed E-state index contributed by atoms with van der Waals surface area (Å²) in [5.74, 6) is -0.634. The van der Waals surface area contributed by atoms with Gasteiger partial charge in [0.2, 0.25) is 0 Å². The van der Waals surface area contributed by atoms with E-state index in [0.717, 1.165) is 12.0 Å². The summed E-state index contributed by atoms with van der Waals surface area (Å²) in [6.07, 6.45) is 5.29. The lowest BCUT2D eigenvalue weighted by Gasteiger charge is -2.31. The molecule has 5 nitrogen and oxygen atoms in total. The van der Waals surface area contributed by atoms with Crippen LogP contribution in [-0.2, 0) is 20.7 Å². The molecule has 22 heavy (non-hydrogen) atoms. The second-order valence-electron chi connectivity index (χ2n) is 5.13. The van der Waals surface area contributed by atoms with Gasteiger partial charge in [-0.15, -0.1) is 0 Å². The molecule has 0 N–H and O–H groups in total. The number of carbonyl (C=O) groups excluding carboxylic acids is 2. The first-order valence-electron chi connectivity index (χ1n) is 7.23. The summed E-state index contributed by atoms with van der Waals surface area (Å²) in [5.41, 5.74) is 1.00. The molecule has 0 fully saturated rings. The molecule has 116 valence electrons. The van der Waals surface area contributed by atoms with Crippen LogP contribution in [0.4, 0.5) is 0 Å². The highest BCUT2D eigenvalue weighted by Gasteiger charge is 2.34. The number of allylic oxidation sites excluding steroid dienone is 1. The predicted molar refractivity (Wildman–Crippen MR) is 84.5 cm³/mol. The number of rotatable bonds is 5. The van der Waals surface area contributed by atoms with Crippen LogP contribution >= 0.6 is 0 Å². The van der Waals surface area contributed by atoms with Crippen LogP contribution in [0.15, 0.2) is 47.6 Å². The van der Waals surface area contributed by atoms with Crippen molar-refractivity contribution in [1.29, 1.82) is 0 Å². The van der Waals surface area contributed by atoms with Crippen LogP contribution in [0, 0.1) is 0 Å². The minimum Gasteiger partial charge on any atom is -0.467 e. The molecule has 1 heterocycles. The van der Waals surface area contributed by atoms with Crippen molar-refractivity contribution in [2.24, 2.45) is 4.99 Å². The van der Waals surface area contributed by atoms with Gasteiger partial charge in [-0.3, -0.25) is 9.79 Å². The van der Waals surface area contributed by atoms with Crippen LogP contribution in [0.3, 0.4) is 0 Å². The van der Waals surface area contributed by atoms with Gasteiger partial charge in [0.1, 0.15) is 12.1 Å². The SMILES string of the molecule is C=N[C@@H](Cc1ccccc1)C(=O)N1C=CCC[C@H]1C(=O)OC. The number of ether oxygens (including phenoxy) is 1. The lowest BCUT2D eigenvalue weighted by atomic mass is 10.0. The highest BCUT2D eigenvalue weighted by atomic mass is 16.5. The Labute approximate surface area is 130 Å². The molecular formula is C17H20N2O3. The molecule has 0 saturated carbocycles. The fraction of sp³-hybridized carbons (Fsp3) is 0.353. The fourth-order valence-corrected chi connectivity index (χ4v) is 2.52. The molecule has 1 aliphatic heterocycles. The molecule has 1 amide bonds. The molecular weight excluding hydrogens is 280 g/mol. The van der Waals surface area contributed by atoms with E-state index < -0.39 is 18.1 Å². The largest absolute Gasteiger partial charge is 0.467 e. The maximum Gasteiger partial charge on any atom is 0.328 e. The van der Waals surface area contributed by atoms with E-state index in [1.807, 2.05) is 36.4 Å². The zero-order chi connectivity index (χ0) is 15.9. The number of amides is 1. The molecule has 0 saturated heterocycles. The predicted octanol–water partition coefficient (Wildman–Crippen LogP) is 1.98. The van der Waals surface area contributed by atoms with Crippen molar-refractivity contribution >= 4 is 18.6 Å². The third-order valence-corrected chi connectivity index (χ3v) is 3.71. The number of carbonyl (C=O) groups is 2. The molecule has 1 aliphatic rings. The van der Waals surface area contributed by atoms with Gasteiger partial charge in [-0.1, -0.05) is 36.4 Å². The number of methoxy groups -OCH3 is 1. The third kappa shape index (κ3) is 3.61. The first-order valence-corrected chi connectivity index (χ1v) is 7.23. The zero-order valence-corrected chi connectivity index (χ0v) is 12.6. The first-order chi connectivity index (χ1) is 10.7. The molecule has 0 aliphatic carbocycles. The molecule has 0 spiro atoms. The molecule has 5 heteroatoms. The van der Waals surface area contributed by atoms with Crippen molar-refractivity contribution in [3.8, 4) is 0 Å². The molecule has 0 radical (unpaired) electrons. The zero-order valence-electron chi connectivity index (χ0n) is 12.6. The lowest BCUT2D eigenvalue weighted by Crippen LogP contribution is -2.47. The first kappa shape index (κ1) is 15.9. The van der Waals surface area contributed by atoms with Gasteiger partial charge in [0.25, 0.3) is 5.91 Å². The molecule has 2 atom stereocenters. The van der Waals surface area contributed by atoms with Gasteiger partial charge in [-0.05, 0) is 25.1 Å². The molecule has 1 aromatic rings. The highest BCUT2D eigenvalue weighted by molar-refractivity contribution is 5.89. The van der Waals surface area contributed by atoms with Crippen molar-refractivity contribution < 1.29 is 14.3 Å². The van der Waals surface area contributed by atoms with E-state index in [-0.39, 0.29) is 5.91 Å². The third-order valence-electron chi connectivity index (χ3n) is 3.71. The molecule has 0 aromatic heterocycles. The minimum absolute atomic E-state index is 0.231. The number of hydrogen-bond donors (Lipinski definition) is 0. The number of aliphatic imine (C=N–C) groups is 1. The van der Waals surface area contributed by atoms with Crippen LogP contribution < -0.4 is 0 Å². The lowest BCUT2D eigenvalue weighted by molar-refractivity contribution is -0.151. The Morgan fingerprint density at radius 2 is 2.14 bits per heavy atom. The van der Waals surface area contributed by atoms with E-state index in [4.69, 9.17) is 4.74 Å². The summed E-state index contributed by atoms with van der Waals surface area (Å²) in [6, 6.07) is 8.43. The fourth-order valence-electron chi connectivity index (χ4n) is 2.52. The summed E-state index contributed by atoms with van der Waals surface area (Å²) < 4.78 is 4.79. The summed E-state index contributed by atoms with van der Waals surface area (Å²) in [4.78, 5) is 29.9. The molecule has 2 rings (SSSR count). The van der Waals surface area contributed by atoms with E-state index in [2.05, 4.69) is 11.7 Å². The van der Waals surface area contributed by atoms with Gasteiger partial charge in [0, 0.05) is 12.6 Å². The Bertz CT molecular complexity index is 569. The van der Waals surface area contributed by atoms with Crippen LogP contribution in [-0.4, -0.2) is 42.7 Å². The van der Waals surface area contributed by atoms with Crippen molar-refractivity contribution in [3.05, 3.63) is 48.2 Å². The Balaban J connectivity index is 2.15. The number of nitrogens with zero attached hydrogens (tertiary/aromatic N) is 2. The number of esters is 1. The average molecular weight is 300 g/mol. The van der Waals surface area contributed by atoms with Gasteiger partial charge in [0.05, 0.1) is 7.11 Å². The van der Waals surface area contributed by atoms with Crippen LogP contribution in [0.1, 0.15) is 18.4 Å². The van der Waals surface area contributed by atoms with Crippen molar-refractivity contribution in [1.82, 2.24) is 4.90 Å². The highest BCUT2D eigenvalue weighted by Crippen LogP contribution is 2.19. The minimum atomic E-state index is -0.614. The molecule has 1 aromatic carbocycles. The Kier molecular flexibility index (Phi) is 5.47. The van der Waals surface area contributed by atoms with Gasteiger partial charge < -0.3 is 9.64 Å². The van der Waals surface area contributed by atoms with E-state index in [1.165, 1.54) is 12.0 Å². The maximum absolute atomic E-state index is 12.7. The standard InChI is InChI=1S/C17H20N2O3/c1-18-14(12-13-8-4-3-5-9-13)16(20)19-11-7-6-10-15(19)17(21)22-2/h3-5,7-9,11,14-15H,1,6,10,12H2,2H3/t14-,15-/m0/s1. The van der Waals surface area contributed by atoms with E-state index >= 15 is 0 Å². The maximum atomic E-state index is 12.7. The smallest absolute Gasteiger partial charge is 0.328 e. The molecule has 0 unspecified atom stereocenters. The summed E-state index contributed by atoms with van der Waals surface area (Å²) in [6.45, 7) is 3.53. The van der Waals surface area contributed by atoms with Crippen molar-refractivity contribution in [2.45, 2.75) is 31.3 Å². The van der Waals surface area contributed by atoms with E-state index in [1.54, 1.807) is 6.20 Å². The quantitative estimate of drug-likeness (QED) is 0.617. The van der Waals surface area contributed by atoms with Crippen LogP contribution in [0.25, 0.3) is 0 Å². The van der Waals surface area contributed by atoms with Gasteiger partial charge >= 0.3 is 5.97 Å². The summed E-state index contributed by atoms with van der Waals surface area (Å²) >= 11 is 0. The number of hydrogen-bond acceptors (Lipinski definition) is 4. The summed E-state index contributed by atoms with van der Waals surface area (Å²) in [7, 11) is 1.33. The second-order valence-corrected chi connectivity index (χ2v) is 5.13. The van der Waals surface area contributed by atoms with Gasteiger partial charge in [-0.25, -0.2) is 4.79 Å². The van der Waals surface area contributed by atoms with Gasteiger partial charge in [-0.2, -0.15) is 0 Å². The van der Waals surface area contributed by atoms with Crippen LogP contribution in [0.5, 0.6) is 0 Å². The Morgan fingerprint density at radius 1 is 1.41 bits per heavy atom. The topological polar surface area (TPSA) is 59.0 Å². The molecule has 0 bridgehead atoms. The monoisotopic (exact) mass is 300 g/mol. The normalized spacial score (nSPS) is 18.6. The summed E-state index contributed by atoms with van der Waals surface area (Å²) in [5, 5.41) is 0.